The van der Waals surface area contributed by atoms with Crippen LogP contribution in [-0.4, -0.2) is 44.5 Å². The van der Waals surface area contributed by atoms with E-state index in [9.17, 15) is 9.59 Å². The normalized spacial score (nSPS) is 11.8. The zero-order valence-corrected chi connectivity index (χ0v) is 14.7. The van der Waals surface area contributed by atoms with Crippen molar-refractivity contribution < 1.29 is 14.3 Å². The number of benzene rings is 1. The lowest BCUT2D eigenvalue weighted by Gasteiger charge is -2.23. The topological polar surface area (TPSA) is 70.7 Å². The molecule has 1 aromatic heterocycles. The predicted molar refractivity (Wildman–Crippen MR) is 95.4 cm³/mol. The van der Waals surface area contributed by atoms with Gasteiger partial charge in [0.1, 0.15) is 5.75 Å². The van der Waals surface area contributed by atoms with Gasteiger partial charge in [-0.25, -0.2) is 0 Å². The largest absolute Gasteiger partial charge is 0.497 e. The van der Waals surface area contributed by atoms with E-state index >= 15 is 0 Å². The number of hydrogen-bond acceptors (Lipinski definition) is 5. The van der Waals surface area contributed by atoms with E-state index in [2.05, 4.69) is 10.6 Å². The molecule has 7 heteroatoms. The summed E-state index contributed by atoms with van der Waals surface area (Å²) in [4.78, 5) is 26.0. The number of carbonyl (C=O) groups is 2. The van der Waals surface area contributed by atoms with Gasteiger partial charge in [-0.3, -0.25) is 9.59 Å². The molecule has 128 valence electrons. The monoisotopic (exact) mass is 347 g/mol. The van der Waals surface area contributed by atoms with Gasteiger partial charge in [0.15, 0.2) is 0 Å². The number of rotatable bonds is 6. The van der Waals surface area contributed by atoms with Crippen molar-refractivity contribution in [2.75, 3.05) is 33.1 Å². The first-order valence-electron chi connectivity index (χ1n) is 7.43. The Morgan fingerprint density at radius 3 is 2.67 bits per heavy atom. The molecule has 2 aromatic rings. The Bertz CT molecular complexity index is 686. The molecule has 0 spiro atoms. The number of nitrogens with one attached hydrogen (secondary N) is 2. The molecule has 6 nitrogen and oxygen atoms in total. The molecule has 0 aliphatic heterocycles. The first-order valence-corrected chi connectivity index (χ1v) is 8.37. The summed E-state index contributed by atoms with van der Waals surface area (Å²) in [6.07, 6.45) is 0. The SMILES string of the molecule is COc1cccc(NC(=O)C(=O)NC[C@@H](c2ccsc2)N(C)C)c1. The van der Waals surface area contributed by atoms with E-state index in [0.29, 0.717) is 18.0 Å². The lowest BCUT2D eigenvalue weighted by Crippen LogP contribution is -2.40. The Hall–Kier alpha value is -2.38. The van der Waals surface area contributed by atoms with E-state index in [-0.39, 0.29) is 6.04 Å². The molecule has 0 unspecified atom stereocenters. The third-order valence-corrected chi connectivity index (χ3v) is 4.24. The second-order valence-corrected chi connectivity index (χ2v) is 6.21. The fourth-order valence-electron chi connectivity index (χ4n) is 2.22. The Morgan fingerprint density at radius 2 is 2.04 bits per heavy atom. The number of ether oxygens (including phenoxy) is 1. The smallest absolute Gasteiger partial charge is 0.313 e. The van der Waals surface area contributed by atoms with Gasteiger partial charge in [-0.05, 0) is 48.6 Å². The van der Waals surface area contributed by atoms with E-state index in [1.807, 2.05) is 35.8 Å². The van der Waals surface area contributed by atoms with Crippen LogP contribution in [-0.2, 0) is 9.59 Å². The number of nitrogens with zero attached hydrogens (tertiary/aromatic N) is 1. The van der Waals surface area contributed by atoms with Gasteiger partial charge in [0.25, 0.3) is 0 Å². The maximum absolute atomic E-state index is 12.0. The molecule has 2 amide bonds. The number of methoxy groups -OCH3 is 1. The highest BCUT2D eigenvalue weighted by Crippen LogP contribution is 2.20. The third kappa shape index (κ3) is 4.81. The highest BCUT2D eigenvalue weighted by molar-refractivity contribution is 7.07. The van der Waals surface area contributed by atoms with E-state index in [4.69, 9.17) is 4.74 Å². The van der Waals surface area contributed by atoms with Crippen LogP contribution in [0.4, 0.5) is 5.69 Å². The maximum atomic E-state index is 12.0. The van der Waals surface area contributed by atoms with E-state index in [0.717, 1.165) is 5.56 Å². The van der Waals surface area contributed by atoms with Crippen LogP contribution >= 0.6 is 11.3 Å². The minimum absolute atomic E-state index is 0.0184. The fourth-order valence-corrected chi connectivity index (χ4v) is 2.93. The molecule has 1 heterocycles. The van der Waals surface area contributed by atoms with Crippen molar-refractivity contribution in [3.05, 3.63) is 46.7 Å². The molecule has 0 fully saturated rings. The summed E-state index contributed by atoms with van der Waals surface area (Å²) in [5, 5.41) is 9.27. The molecule has 0 radical (unpaired) electrons. The summed E-state index contributed by atoms with van der Waals surface area (Å²) < 4.78 is 5.09. The van der Waals surface area contributed by atoms with Gasteiger partial charge >= 0.3 is 11.8 Å². The van der Waals surface area contributed by atoms with Gasteiger partial charge < -0.3 is 20.3 Å². The Balaban J connectivity index is 1.92. The highest BCUT2D eigenvalue weighted by Gasteiger charge is 2.19. The second-order valence-electron chi connectivity index (χ2n) is 5.43. The quantitative estimate of drug-likeness (QED) is 0.785. The predicted octanol–water partition coefficient (Wildman–Crippen LogP) is 2.11. The minimum atomic E-state index is -0.703. The van der Waals surface area contributed by atoms with Crippen LogP contribution in [0.3, 0.4) is 0 Å². The van der Waals surface area contributed by atoms with Crippen molar-refractivity contribution >= 4 is 28.8 Å². The average molecular weight is 347 g/mol. The Labute approximate surface area is 145 Å². The molecule has 0 saturated carbocycles. The van der Waals surface area contributed by atoms with Crippen LogP contribution < -0.4 is 15.4 Å². The molecule has 0 aliphatic carbocycles. The average Bonchev–Trinajstić information content (AvgIpc) is 3.08. The maximum Gasteiger partial charge on any atom is 0.313 e. The third-order valence-electron chi connectivity index (χ3n) is 3.54. The van der Waals surface area contributed by atoms with Crippen molar-refractivity contribution in [2.24, 2.45) is 0 Å². The van der Waals surface area contributed by atoms with Gasteiger partial charge in [0.2, 0.25) is 0 Å². The van der Waals surface area contributed by atoms with Gasteiger partial charge in [0.05, 0.1) is 13.2 Å². The number of carbonyl (C=O) groups excluding carboxylic acids is 2. The number of hydrogen-bond donors (Lipinski definition) is 2. The second kappa shape index (κ2) is 8.47. The summed E-state index contributed by atoms with van der Waals surface area (Å²) in [5.74, 6) is -0.760. The summed E-state index contributed by atoms with van der Waals surface area (Å²) in [5.41, 5.74) is 1.62. The van der Waals surface area contributed by atoms with Crippen LogP contribution in [0.25, 0.3) is 0 Å². The molecule has 2 N–H and O–H groups in total. The van der Waals surface area contributed by atoms with Crippen LogP contribution in [0, 0.1) is 0 Å². The molecular weight excluding hydrogens is 326 g/mol. The molecule has 24 heavy (non-hydrogen) atoms. The zero-order valence-electron chi connectivity index (χ0n) is 13.9. The Morgan fingerprint density at radius 1 is 1.25 bits per heavy atom. The summed E-state index contributed by atoms with van der Waals surface area (Å²) in [7, 11) is 5.41. The van der Waals surface area contributed by atoms with Crippen molar-refractivity contribution in [3.8, 4) is 5.75 Å². The standard InChI is InChI=1S/C17H21N3O3S/c1-20(2)15(12-7-8-24-11-12)10-18-16(21)17(22)19-13-5-4-6-14(9-13)23-3/h4-9,11,15H,10H2,1-3H3,(H,18,21)(H,19,22)/t15-/m0/s1. The molecule has 1 atom stereocenters. The number of thiophene rings is 1. The number of likely N-dealkylation sites (N-methyl/N-ethyl adjacent to an activating group) is 1. The number of anilines is 1. The van der Waals surface area contributed by atoms with Crippen LogP contribution in [0.1, 0.15) is 11.6 Å². The van der Waals surface area contributed by atoms with Crippen molar-refractivity contribution in [3.63, 3.8) is 0 Å². The molecular formula is C17H21N3O3S. The van der Waals surface area contributed by atoms with Crippen molar-refractivity contribution in [1.29, 1.82) is 0 Å². The first kappa shape index (κ1) is 18.0. The molecule has 0 saturated heterocycles. The number of amides is 2. The zero-order chi connectivity index (χ0) is 17.5. The summed E-state index contributed by atoms with van der Waals surface area (Å²) in [6, 6.07) is 8.88. The van der Waals surface area contributed by atoms with Crippen LogP contribution in [0.5, 0.6) is 5.75 Å². The van der Waals surface area contributed by atoms with Gasteiger partial charge in [0, 0.05) is 18.3 Å². The van der Waals surface area contributed by atoms with Gasteiger partial charge in [-0.15, -0.1) is 0 Å². The van der Waals surface area contributed by atoms with E-state index in [1.54, 1.807) is 42.7 Å². The van der Waals surface area contributed by atoms with Crippen LogP contribution in [0.15, 0.2) is 41.1 Å². The van der Waals surface area contributed by atoms with Crippen molar-refractivity contribution in [1.82, 2.24) is 10.2 Å². The fraction of sp³-hybridized carbons (Fsp3) is 0.294. The van der Waals surface area contributed by atoms with Gasteiger partial charge in [-0.2, -0.15) is 11.3 Å². The highest BCUT2D eigenvalue weighted by atomic mass is 32.1. The first-order chi connectivity index (χ1) is 11.5. The van der Waals surface area contributed by atoms with Crippen LogP contribution in [0.2, 0.25) is 0 Å². The van der Waals surface area contributed by atoms with E-state index < -0.39 is 11.8 Å². The molecule has 2 rings (SSSR count). The Kier molecular flexibility index (Phi) is 6.34. The molecule has 0 aliphatic rings. The van der Waals surface area contributed by atoms with Gasteiger partial charge in [-0.1, -0.05) is 6.07 Å². The lowest BCUT2D eigenvalue weighted by molar-refractivity contribution is -0.136. The minimum Gasteiger partial charge on any atom is -0.497 e. The van der Waals surface area contributed by atoms with E-state index in [1.165, 1.54) is 0 Å². The lowest BCUT2D eigenvalue weighted by atomic mass is 10.1. The molecule has 0 bridgehead atoms. The summed E-state index contributed by atoms with van der Waals surface area (Å²) in [6.45, 7) is 0.355. The molecule has 1 aromatic carbocycles. The van der Waals surface area contributed by atoms with Crippen molar-refractivity contribution in [2.45, 2.75) is 6.04 Å². The summed E-state index contributed by atoms with van der Waals surface area (Å²) >= 11 is 1.60.